The molecule has 0 aliphatic heterocycles. The first-order chi connectivity index (χ1) is 8.08. The normalized spacial score (nSPS) is 13.0. The van der Waals surface area contributed by atoms with Crippen molar-refractivity contribution in [3.63, 3.8) is 0 Å². The molecule has 0 fully saturated rings. The maximum atomic E-state index is 3.52. The van der Waals surface area contributed by atoms with Crippen molar-refractivity contribution in [1.29, 1.82) is 0 Å². The van der Waals surface area contributed by atoms with Gasteiger partial charge < -0.3 is 5.32 Å². The molecule has 0 aliphatic carbocycles. The third kappa shape index (κ3) is 6.85. The number of hydrogen-bond donors (Lipinski definition) is 1. The summed E-state index contributed by atoms with van der Waals surface area (Å²) in [6.45, 7) is 9.09. The Hall–Kier alpha value is -0.340. The number of halogens is 1. The van der Waals surface area contributed by atoms with E-state index in [0.717, 1.165) is 24.9 Å². The molecule has 1 nitrogen and oxygen atoms in total. The largest absolute Gasteiger partial charge is 0.316 e. The zero-order chi connectivity index (χ0) is 12.7. The van der Waals surface area contributed by atoms with Crippen molar-refractivity contribution in [2.24, 2.45) is 11.8 Å². The molecule has 1 rings (SSSR count). The Morgan fingerprint density at radius 1 is 1.24 bits per heavy atom. The second-order valence-electron chi connectivity index (χ2n) is 5.33. The van der Waals surface area contributed by atoms with Crippen LogP contribution in [-0.4, -0.2) is 13.1 Å². The molecule has 1 aromatic rings. The summed E-state index contributed by atoms with van der Waals surface area (Å²) in [7, 11) is 0. The SMILES string of the molecule is CC(C)CNCCC(C)Cc1cccc(Br)c1. The highest BCUT2D eigenvalue weighted by molar-refractivity contribution is 9.10. The molecule has 17 heavy (non-hydrogen) atoms. The fourth-order valence-electron chi connectivity index (χ4n) is 1.91. The summed E-state index contributed by atoms with van der Waals surface area (Å²) in [5.41, 5.74) is 1.43. The maximum absolute atomic E-state index is 3.52. The van der Waals surface area contributed by atoms with E-state index in [1.54, 1.807) is 0 Å². The minimum Gasteiger partial charge on any atom is -0.316 e. The quantitative estimate of drug-likeness (QED) is 0.742. The minimum atomic E-state index is 0.740. The smallest absolute Gasteiger partial charge is 0.0177 e. The van der Waals surface area contributed by atoms with E-state index in [1.807, 2.05) is 0 Å². The van der Waals surface area contributed by atoms with Crippen molar-refractivity contribution in [2.75, 3.05) is 13.1 Å². The highest BCUT2D eigenvalue weighted by Crippen LogP contribution is 2.16. The summed E-state index contributed by atoms with van der Waals surface area (Å²) in [6.07, 6.45) is 2.42. The van der Waals surface area contributed by atoms with Crippen LogP contribution in [-0.2, 0) is 6.42 Å². The monoisotopic (exact) mass is 297 g/mol. The lowest BCUT2D eigenvalue weighted by Crippen LogP contribution is -2.22. The molecule has 0 radical (unpaired) electrons. The summed E-state index contributed by atoms with van der Waals surface area (Å²) < 4.78 is 1.18. The summed E-state index contributed by atoms with van der Waals surface area (Å²) in [5.74, 6) is 1.49. The lowest BCUT2D eigenvalue weighted by molar-refractivity contribution is 0.474. The Kier molecular flexibility index (Phi) is 6.83. The van der Waals surface area contributed by atoms with Gasteiger partial charge in [0.05, 0.1) is 0 Å². The van der Waals surface area contributed by atoms with Crippen LogP contribution in [0.1, 0.15) is 32.8 Å². The molecule has 1 atom stereocenters. The average Bonchev–Trinajstić information content (AvgIpc) is 2.24. The highest BCUT2D eigenvalue weighted by Gasteiger charge is 2.04. The minimum absolute atomic E-state index is 0.740. The first kappa shape index (κ1) is 14.7. The summed E-state index contributed by atoms with van der Waals surface area (Å²) in [4.78, 5) is 0. The molecular formula is C15H24BrN. The highest BCUT2D eigenvalue weighted by atomic mass is 79.9. The Morgan fingerprint density at radius 3 is 2.65 bits per heavy atom. The van der Waals surface area contributed by atoms with Gasteiger partial charge in [-0.3, -0.25) is 0 Å². The van der Waals surface area contributed by atoms with E-state index in [-0.39, 0.29) is 0 Å². The molecular weight excluding hydrogens is 274 g/mol. The van der Waals surface area contributed by atoms with Crippen LogP contribution < -0.4 is 5.32 Å². The molecule has 0 aromatic heterocycles. The first-order valence-electron chi connectivity index (χ1n) is 6.53. The second-order valence-corrected chi connectivity index (χ2v) is 6.24. The standard InChI is InChI=1S/C15H24BrN/c1-12(2)11-17-8-7-13(3)9-14-5-4-6-15(16)10-14/h4-6,10,12-13,17H,7-9,11H2,1-3H3. The average molecular weight is 298 g/mol. The number of benzene rings is 1. The van der Waals surface area contributed by atoms with Crippen molar-refractivity contribution < 1.29 is 0 Å². The van der Waals surface area contributed by atoms with E-state index in [9.17, 15) is 0 Å². The van der Waals surface area contributed by atoms with Crippen LogP contribution in [0, 0.1) is 11.8 Å². The number of hydrogen-bond acceptors (Lipinski definition) is 1. The van der Waals surface area contributed by atoms with E-state index >= 15 is 0 Å². The van der Waals surface area contributed by atoms with E-state index in [2.05, 4.69) is 66.3 Å². The van der Waals surface area contributed by atoms with Gasteiger partial charge in [0, 0.05) is 4.47 Å². The van der Waals surface area contributed by atoms with Crippen LogP contribution in [0.2, 0.25) is 0 Å². The van der Waals surface area contributed by atoms with E-state index in [0.29, 0.717) is 0 Å². The Bertz CT molecular complexity index is 322. The summed E-state index contributed by atoms with van der Waals surface area (Å²) >= 11 is 3.52. The molecule has 0 saturated carbocycles. The Labute approximate surface area is 114 Å². The fraction of sp³-hybridized carbons (Fsp3) is 0.600. The van der Waals surface area contributed by atoms with Gasteiger partial charge in [-0.25, -0.2) is 0 Å². The summed E-state index contributed by atoms with van der Waals surface area (Å²) in [6, 6.07) is 8.63. The van der Waals surface area contributed by atoms with Crippen LogP contribution in [0.25, 0.3) is 0 Å². The van der Waals surface area contributed by atoms with Gasteiger partial charge in [-0.1, -0.05) is 48.8 Å². The van der Waals surface area contributed by atoms with Gasteiger partial charge in [0.15, 0.2) is 0 Å². The van der Waals surface area contributed by atoms with Gasteiger partial charge in [-0.2, -0.15) is 0 Å². The molecule has 1 N–H and O–H groups in total. The van der Waals surface area contributed by atoms with Gasteiger partial charge in [0.25, 0.3) is 0 Å². The Morgan fingerprint density at radius 2 is 2.00 bits per heavy atom. The van der Waals surface area contributed by atoms with E-state index in [1.165, 1.54) is 22.9 Å². The molecule has 0 bridgehead atoms. The number of nitrogens with one attached hydrogen (secondary N) is 1. The van der Waals surface area contributed by atoms with Crippen LogP contribution in [0.15, 0.2) is 28.7 Å². The molecule has 1 unspecified atom stereocenters. The van der Waals surface area contributed by atoms with Gasteiger partial charge in [0.2, 0.25) is 0 Å². The van der Waals surface area contributed by atoms with Crippen LogP contribution >= 0.6 is 15.9 Å². The first-order valence-corrected chi connectivity index (χ1v) is 7.32. The van der Waals surface area contributed by atoms with Gasteiger partial charge in [0.1, 0.15) is 0 Å². The van der Waals surface area contributed by atoms with Crippen molar-refractivity contribution >= 4 is 15.9 Å². The molecule has 0 aliphatic rings. The third-order valence-corrected chi connectivity index (χ3v) is 3.33. The molecule has 1 aromatic carbocycles. The second kappa shape index (κ2) is 7.88. The maximum Gasteiger partial charge on any atom is 0.0177 e. The molecule has 0 amide bonds. The fourth-order valence-corrected chi connectivity index (χ4v) is 2.35. The van der Waals surface area contributed by atoms with Crippen molar-refractivity contribution in [2.45, 2.75) is 33.6 Å². The Balaban J connectivity index is 2.23. The molecule has 0 heterocycles. The predicted octanol–water partition coefficient (Wildman–Crippen LogP) is 4.26. The zero-order valence-electron chi connectivity index (χ0n) is 11.2. The molecule has 0 spiro atoms. The molecule has 2 heteroatoms. The van der Waals surface area contributed by atoms with Gasteiger partial charge in [-0.15, -0.1) is 0 Å². The topological polar surface area (TPSA) is 12.0 Å². The predicted molar refractivity (Wildman–Crippen MR) is 79.3 cm³/mol. The van der Waals surface area contributed by atoms with Crippen LogP contribution in [0.5, 0.6) is 0 Å². The lowest BCUT2D eigenvalue weighted by Gasteiger charge is -2.13. The zero-order valence-corrected chi connectivity index (χ0v) is 12.8. The van der Waals surface area contributed by atoms with Crippen molar-refractivity contribution in [1.82, 2.24) is 5.32 Å². The van der Waals surface area contributed by atoms with Crippen LogP contribution in [0.4, 0.5) is 0 Å². The lowest BCUT2D eigenvalue weighted by atomic mass is 9.98. The van der Waals surface area contributed by atoms with Crippen LogP contribution in [0.3, 0.4) is 0 Å². The van der Waals surface area contributed by atoms with E-state index in [4.69, 9.17) is 0 Å². The number of rotatable bonds is 7. The summed E-state index contributed by atoms with van der Waals surface area (Å²) in [5, 5.41) is 3.50. The van der Waals surface area contributed by atoms with Crippen molar-refractivity contribution in [3.05, 3.63) is 34.3 Å². The van der Waals surface area contributed by atoms with Gasteiger partial charge >= 0.3 is 0 Å². The van der Waals surface area contributed by atoms with E-state index < -0.39 is 0 Å². The third-order valence-electron chi connectivity index (χ3n) is 2.84. The molecule has 0 saturated heterocycles. The van der Waals surface area contributed by atoms with Gasteiger partial charge in [-0.05, 0) is 55.5 Å². The molecule has 96 valence electrons. The van der Waals surface area contributed by atoms with Crippen molar-refractivity contribution in [3.8, 4) is 0 Å².